The Balaban J connectivity index is 2.16. The van der Waals surface area contributed by atoms with Crippen molar-refractivity contribution >= 4 is 21.8 Å². The third-order valence-corrected chi connectivity index (χ3v) is 4.58. The maximum absolute atomic E-state index is 12.1. The first-order valence-corrected chi connectivity index (χ1v) is 7.67. The number of carbonyl (C=O) groups is 1. The molecule has 5 heteroatoms. The zero-order valence-corrected chi connectivity index (χ0v) is 13.8. The number of hydrogen-bond donors (Lipinski definition) is 0. The number of rotatable bonds is 5. The predicted octanol–water partition coefficient (Wildman–Crippen LogP) is 2.29. The van der Waals surface area contributed by atoms with E-state index in [1.165, 1.54) is 5.56 Å². The number of likely N-dealkylation sites (N-methyl/N-ethyl adjacent to an activating group) is 1. The van der Waals surface area contributed by atoms with E-state index in [4.69, 9.17) is 4.74 Å². The van der Waals surface area contributed by atoms with Crippen LogP contribution in [-0.2, 0) is 4.79 Å². The minimum Gasteiger partial charge on any atom is -0.497 e. The van der Waals surface area contributed by atoms with Gasteiger partial charge >= 0.3 is 0 Å². The van der Waals surface area contributed by atoms with Crippen LogP contribution in [0.4, 0.5) is 0 Å². The Kier molecular flexibility index (Phi) is 5.05. The number of hydrogen-bond acceptors (Lipinski definition) is 3. The number of methoxy groups -OCH3 is 1. The van der Waals surface area contributed by atoms with Gasteiger partial charge in [0.05, 0.1) is 18.0 Å². The average Bonchev–Trinajstić information content (AvgIpc) is 2.76. The molecule has 0 N–H and O–H groups in total. The number of nitrogens with zero attached hydrogens (tertiary/aromatic N) is 2. The number of likely N-dealkylation sites (tertiary alicyclic amines) is 1. The Hall–Kier alpha value is -1.07. The van der Waals surface area contributed by atoms with Crippen molar-refractivity contribution in [3.05, 3.63) is 29.8 Å². The van der Waals surface area contributed by atoms with Crippen molar-refractivity contribution in [3.8, 4) is 5.75 Å². The highest BCUT2D eigenvalue weighted by Crippen LogP contribution is 2.26. The van der Waals surface area contributed by atoms with Crippen molar-refractivity contribution in [1.29, 1.82) is 0 Å². The van der Waals surface area contributed by atoms with E-state index in [1.807, 2.05) is 37.2 Å². The van der Waals surface area contributed by atoms with Crippen molar-refractivity contribution in [2.24, 2.45) is 0 Å². The van der Waals surface area contributed by atoms with E-state index in [-0.39, 0.29) is 16.8 Å². The third-order valence-electron chi connectivity index (χ3n) is 3.73. The lowest BCUT2D eigenvalue weighted by Crippen LogP contribution is -2.36. The molecule has 1 fully saturated rings. The highest BCUT2D eigenvalue weighted by atomic mass is 79.9. The van der Waals surface area contributed by atoms with E-state index in [2.05, 4.69) is 26.9 Å². The molecule has 1 heterocycles. The first-order chi connectivity index (χ1) is 9.52. The molecule has 1 amide bonds. The van der Waals surface area contributed by atoms with Gasteiger partial charge in [-0.25, -0.2) is 0 Å². The molecule has 1 saturated heterocycles. The quantitative estimate of drug-likeness (QED) is 0.771. The maximum Gasteiger partial charge on any atom is 0.236 e. The van der Waals surface area contributed by atoms with Gasteiger partial charge in [-0.3, -0.25) is 4.79 Å². The van der Waals surface area contributed by atoms with E-state index in [9.17, 15) is 4.79 Å². The minimum absolute atomic E-state index is 0.0179. The molecule has 2 unspecified atom stereocenters. The van der Waals surface area contributed by atoms with Crippen LogP contribution in [-0.4, -0.2) is 54.8 Å². The van der Waals surface area contributed by atoms with Gasteiger partial charge in [0.1, 0.15) is 5.75 Å². The SMILES string of the molecule is COc1cccc(C(CN2CCC(Br)C2=O)N(C)C)c1. The standard InChI is InChI=1S/C15H21BrN2O2/c1-17(2)14(10-18-8-7-13(16)15(18)19)11-5-4-6-12(9-11)20-3/h4-6,9,13-14H,7-8,10H2,1-3H3. The molecule has 20 heavy (non-hydrogen) atoms. The van der Waals surface area contributed by atoms with Gasteiger partial charge in [0, 0.05) is 13.1 Å². The molecule has 0 aliphatic carbocycles. The summed E-state index contributed by atoms with van der Waals surface area (Å²) in [6.07, 6.45) is 0.886. The summed E-state index contributed by atoms with van der Waals surface area (Å²) in [6.45, 7) is 1.53. The summed E-state index contributed by atoms with van der Waals surface area (Å²) in [5, 5.41) is 0. The van der Waals surface area contributed by atoms with Gasteiger partial charge in [0.2, 0.25) is 5.91 Å². The molecule has 1 aromatic carbocycles. The normalized spacial score (nSPS) is 20.6. The second-order valence-corrected chi connectivity index (χ2v) is 6.40. The van der Waals surface area contributed by atoms with Crippen molar-refractivity contribution in [2.45, 2.75) is 17.3 Å². The molecule has 110 valence electrons. The summed E-state index contributed by atoms with van der Waals surface area (Å²) in [5.74, 6) is 1.04. The largest absolute Gasteiger partial charge is 0.497 e. The van der Waals surface area contributed by atoms with E-state index in [1.54, 1.807) is 7.11 Å². The highest BCUT2D eigenvalue weighted by molar-refractivity contribution is 9.10. The van der Waals surface area contributed by atoms with E-state index in [0.717, 1.165) is 18.7 Å². The van der Waals surface area contributed by atoms with Crippen LogP contribution in [0.3, 0.4) is 0 Å². The molecule has 0 aromatic heterocycles. The Morgan fingerprint density at radius 3 is 2.80 bits per heavy atom. The molecule has 1 aliphatic heterocycles. The maximum atomic E-state index is 12.1. The molecule has 0 bridgehead atoms. The van der Waals surface area contributed by atoms with Gasteiger partial charge in [-0.05, 0) is 38.2 Å². The number of ether oxygens (including phenoxy) is 1. The fraction of sp³-hybridized carbons (Fsp3) is 0.533. The third kappa shape index (κ3) is 3.33. The van der Waals surface area contributed by atoms with Crippen LogP contribution in [0.2, 0.25) is 0 Å². The molecule has 0 radical (unpaired) electrons. The molecule has 1 aromatic rings. The van der Waals surface area contributed by atoms with Gasteiger partial charge in [0.25, 0.3) is 0 Å². The molecular weight excluding hydrogens is 320 g/mol. The summed E-state index contributed by atoms with van der Waals surface area (Å²) in [4.78, 5) is 16.1. The van der Waals surface area contributed by atoms with Gasteiger partial charge < -0.3 is 14.5 Å². The van der Waals surface area contributed by atoms with Crippen molar-refractivity contribution < 1.29 is 9.53 Å². The molecule has 2 atom stereocenters. The lowest BCUT2D eigenvalue weighted by Gasteiger charge is -2.29. The predicted molar refractivity (Wildman–Crippen MR) is 83.3 cm³/mol. The lowest BCUT2D eigenvalue weighted by atomic mass is 10.1. The fourth-order valence-electron chi connectivity index (χ4n) is 2.51. The highest BCUT2D eigenvalue weighted by Gasteiger charge is 2.31. The van der Waals surface area contributed by atoms with Gasteiger partial charge in [0.15, 0.2) is 0 Å². The van der Waals surface area contributed by atoms with Crippen LogP contribution in [0.5, 0.6) is 5.75 Å². The smallest absolute Gasteiger partial charge is 0.236 e. The summed E-state index contributed by atoms with van der Waals surface area (Å²) >= 11 is 3.43. The van der Waals surface area contributed by atoms with Crippen molar-refractivity contribution in [1.82, 2.24) is 9.80 Å². The number of alkyl halides is 1. The Bertz CT molecular complexity index is 479. The van der Waals surface area contributed by atoms with Crippen LogP contribution in [0.15, 0.2) is 24.3 Å². The Morgan fingerprint density at radius 1 is 1.50 bits per heavy atom. The first kappa shape index (κ1) is 15.3. The van der Waals surface area contributed by atoms with E-state index < -0.39 is 0 Å². The Morgan fingerprint density at radius 2 is 2.25 bits per heavy atom. The average molecular weight is 341 g/mol. The van der Waals surface area contributed by atoms with E-state index in [0.29, 0.717) is 6.54 Å². The van der Waals surface area contributed by atoms with Gasteiger partial charge in [-0.2, -0.15) is 0 Å². The van der Waals surface area contributed by atoms with Crippen molar-refractivity contribution in [3.63, 3.8) is 0 Å². The van der Waals surface area contributed by atoms with Crippen LogP contribution in [0, 0.1) is 0 Å². The van der Waals surface area contributed by atoms with Gasteiger partial charge in [-0.15, -0.1) is 0 Å². The molecule has 0 saturated carbocycles. The number of benzene rings is 1. The van der Waals surface area contributed by atoms with Gasteiger partial charge in [-0.1, -0.05) is 28.1 Å². The van der Waals surface area contributed by atoms with Crippen LogP contribution >= 0.6 is 15.9 Å². The molecule has 4 nitrogen and oxygen atoms in total. The first-order valence-electron chi connectivity index (χ1n) is 6.76. The summed E-state index contributed by atoms with van der Waals surface area (Å²) in [7, 11) is 5.75. The zero-order valence-electron chi connectivity index (χ0n) is 12.2. The zero-order chi connectivity index (χ0) is 14.7. The minimum atomic E-state index is -0.0179. The Labute approximate surface area is 128 Å². The topological polar surface area (TPSA) is 32.8 Å². The second-order valence-electron chi connectivity index (χ2n) is 5.30. The second kappa shape index (κ2) is 6.59. The number of amides is 1. The molecular formula is C15H21BrN2O2. The van der Waals surface area contributed by atoms with Crippen LogP contribution < -0.4 is 4.74 Å². The number of halogens is 1. The molecule has 1 aliphatic rings. The van der Waals surface area contributed by atoms with Crippen LogP contribution in [0.25, 0.3) is 0 Å². The molecule has 0 spiro atoms. The van der Waals surface area contributed by atoms with Crippen LogP contribution in [0.1, 0.15) is 18.0 Å². The lowest BCUT2D eigenvalue weighted by molar-refractivity contribution is -0.127. The number of carbonyl (C=O) groups excluding carboxylic acids is 1. The summed E-state index contributed by atoms with van der Waals surface area (Å²) < 4.78 is 5.29. The van der Waals surface area contributed by atoms with Crippen molar-refractivity contribution in [2.75, 3.05) is 34.3 Å². The fourth-order valence-corrected chi connectivity index (χ4v) is 3.00. The summed E-state index contributed by atoms with van der Waals surface area (Å²) in [6, 6.07) is 8.22. The monoisotopic (exact) mass is 340 g/mol. The van der Waals surface area contributed by atoms with E-state index >= 15 is 0 Å². The molecule has 2 rings (SSSR count). The summed E-state index contributed by atoms with van der Waals surface area (Å²) in [5.41, 5.74) is 1.17.